The molecule has 1 aliphatic rings. The molecule has 1 fully saturated rings. The molecule has 0 aliphatic carbocycles. The van der Waals surface area contributed by atoms with E-state index in [-0.39, 0.29) is 0 Å². The summed E-state index contributed by atoms with van der Waals surface area (Å²) in [5, 5.41) is 1.05. The first-order chi connectivity index (χ1) is 11.7. The molecule has 0 amide bonds. The molecule has 6 heteroatoms. The fourth-order valence-electron chi connectivity index (χ4n) is 3.46. The average molecular weight is 347 g/mol. The maximum absolute atomic E-state index is 5.24. The second-order valence-electron chi connectivity index (χ2n) is 6.50. The highest BCUT2D eigenvalue weighted by atomic mass is 32.1. The van der Waals surface area contributed by atoms with Crippen LogP contribution in [0.4, 0.5) is 0 Å². The van der Waals surface area contributed by atoms with Gasteiger partial charge in [0.05, 0.1) is 6.61 Å². The van der Waals surface area contributed by atoms with Crippen LogP contribution in [0.2, 0.25) is 0 Å². The van der Waals surface area contributed by atoms with Crippen LogP contribution in [0.1, 0.15) is 18.7 Å². The van der Waals surface area contributed by atoms with Gasteiger partial charge in [-0.3, -0.25) is 14.8 Å². The molecule has 0 saturated carbocycles. The van der Waals surface area contributed by atoms with Crippen LogP contribution in [0.15, 0.2) is 30.7 Å². The van der Waals surface area contributed by atoms with Gasteiger partial charge in [-0.25, -0.2) is 4.98 Å². The minimum Gasteiger partial charge on any atom is -0.383 e. The van der Waals surface area contributed by atoms with Crippen molar-refractivity contribution in [1.29, 1.82) is 0 Å². The Morgan fingerprint density at radius 3 is 2.71 bits per heavy atom. The van der Waals surface area contributed by atoms with E-state index in [2.05, 4.69) is 39.7 Å². The molecule has 130 valence electrons. The van der Waals surface area contributed by atoms with Crippen LogP contribution in [0.3, 0.4) is 0 Å². The van der Waals surface area contributed by atoms with Gasteiger partial charge in [0.25, 0.3) is 0 Å². The molecule has 5 nitrogen and oxygen atoms in total. The van der Waals surface area contributed by atoms with Crippen LogP contribution in [-0.2, 0) is 11.3 Å². The van der Waals surface area contributed by atoms with Crippen LogP contribution in [0, 0.1) is 0 Å². The fraction of sp³-hybridized carbons (Fsp3) is 0.556. The Morgan fingerprint density at radius 1 is 1.25 bits per heavy atom. The molecule has 1 saturated heterocycles. The number of ether oxygens (including phenoxy) is 1. The van der Waals surface area contributed by atoms with Gasteiger partial charge in [-0.2, -0.15) is 0 Å². The molecule has 2 atom stereocenters. The molecule has 0 N–H and O–H groups in total. The molecule has 0 unspecified atom stereocenters. The Hall–Kier alpha value is -1.34. The second kappa shape index (κ2) is 8.16. The minimum absolute atomic E-state index is 0.551. The van der Waals surface area contributed by atoms with Crippen molar-refractivity contribution >= 4 is 11.3 Å². The van der Waals surface area contributed by atoms with E-state index in [1.807, 2.05) is 18.5 Å². The maximum Gasteiger partial charge on any atom is 0.125 e. The van der Waals surface area contributed by atoms with Crippen molar-refractivity contribution in [1.82, 2.24) is 19.8 Å². The zero-order valence-electron chi connectivity index (χ0n) is 14.7. The van der Waals surface area contributed by atoms with Crippen molar-refractivity contribution < 1.29 is 4.74 Å². The fourth-order valence-corrected chi connectivity index (χ4v) is 4.40. The van der Waals surface area contributed by atoms with Crippen LogP contribution in [-0.4, -0.2) is 65.2 Å². The normalized spacial score (nSPS) is 22.8. The number of hydrogen-bond acceptors (Lipinski definition) is 6. The zero-order chi connectivity index (χ0) is 16.9. The number of hydrogen-bond donors (Lipinski definition) is 0. The van der Waals surface area contributed by atoms with Crippen LogP contribution >= 0.6 is 11.3 Å². The summed E-state index contributed by atoms with van der Waals surface area (Å²) < 4.78 is 5.24. The summed E-state index contributed by atoms with van der Waals surface area (Å²) in [6.45, 7) is 9.60. The topological polar surface area (TPSA) is 41.5 Å². The Balaban J connectivity index is 1.60. The van der Waals surface area contributed by atoms with Gasteiger partial charge in [0, 0.05) is 74.4 Å². The predicted molar refractivity (Wildman–Crippen MR) is 98.1 cm³/mol. The lowest BCUT2D eigenvalue weighted by atomic mass is 10.1. The number of aromatic nitrogens is 2. The molecule has 0 bridgehead atoms. The Kier molecular flexibility index (Phi) is 5.94. The molecule has 2 aromatic heterocycles. The zero-order valence-corrected chi connectivity index (χ0v) is 15.5. The van der Waals surface area contributed by atoms with Crippen molar-refractivity contribution in [2.45, 2.75) is 32.5 Å². The molecule has 1 aliphatic heterocycles. The summed E-state index contributed by atoms with van der Waals surface area (Å²) in [7, 11) is 1.77. The summed E-state index contributed by atoms with van der Waals surface area (Å²) in [4.78, 5) is 15.2. The van der Waals surface area contributed by atoms with Gasteiger partial charge < -0.3 is 4.74 Å². The quantitative estimate of drug-likeness (QED) is 0.804. The summed E-state index contributed by atoms with van der Waals surface area (Å²) in [6, 6.07) is 5.12. The van der Waals surface area contributed by atoms with Gasteiger partial charge in [0.15, 0.2) is 0 Å². The third kappa shape index (κ3) is 4.19. The number of pyridine rings is 1. The third-order valence-corrected chi connectivity index (χ3v) is 5.60. The molecule has 24 heavy (non-hydrogen) atoms. The smallest absolute Gasteiger partial charge is 0.125 e. The van der Waals surface area contributed by atoms with E-state index in [1.54, 1.807) is 24.6 Å². The maximum atomic E-state index is 5.24. The average Bonchev–Trinajstić information content (AvgIpc) is 3.03. The first-order valence-corrected chi connectivity index (χ1v) is 9.31. The summed E-state index contributed by atoms with van der Waals surface area (Å²) in [5.41, 5.74) is 1.10. The van der Waals surface area contributed by atoms with Gasteiger partial charge >= 0.3 is 0 Å². The van der Waals surface area contributed by atoms with Gasteiger partial charge in [0.2, 0.25) is 0 Å². The molecule has 3 heterocycles. The summed E-state index contributed by atoms with van der Waals surface area (Å²) >= 11 is 1.77. The largest absolute Gasteiger partial charge is 0.383 e. The van der Waals surface area contributed by atoms with E-state index in [9.17, 15) is 0 Å². The van der Waals surface area contributed by atoms with Crippen LogP contribution in [0.5, 0.6) is 0 Å². The Bertz CT molecular complexity index is 621. The lowest BCUT2D eigenvalue weighted by molar-refractivity contribution is 0.0182. The van der Waals surface area contributed by atoms with Crippen molar-refractivity contribution in [3.63, 3.8) is 0 Å². The van der Waals surface area contributed by atoms with E-state index in [0.717, 1.165) is 43.4 Å². The second-order valence-corrected chi connectivity index (χ2v) is 7.61. The lowest BCUT2D eigenvalue weighted by Gasteiger charge is -2.44. The van der Waals surface area contributed by atoms with Crippen molar-refractivity contribution in [2.75, 3.05) is 33.4 Å². The van der Waals surface area contributed by atoms with E-state index >= 15 is 0 Å². The Labute approximate surface area is 148 Å². The molecule has 2 aromatic rings. The SMILES string of the molecule is COCCN1[C@@H](C)CN(Cc2cnc(-c3cccnc3)s2)C[C@@H]1C. The highest BCUT2D eigenvalue weighted by Crippen LogP contribution is 2.26. The van der Waals surface area contributed by atoms with Crippen molar-refractivity contribution in [3.05, 3.63) is 35.6 Å². The lowest BCUT2D eigenvalue weighted by Crippen LogP contribution is -2.56. The Morgan fingerprint density at radius 2 is 2.04 bits per heavy atom. The van der Waals surface area contributed by atoms with Gasteiger partial charge in [-0.15, -0.1) is 11.3 Å². The standard InChI is InChI=1S/C18H26N4OS/c1-14-11-21(12-15(2)22(14)7-8-23-3)13-17-10-20-18(24-17)16-5-4-6-19-9-16/h4-6,9-10,14-15H,7-8,11-13H2,1-3H3/t14-,15-/m0/s1. The summed E-state index contributed by atoms with van der Waals surface area (Å²) in [6.07, 6.45) is 5.69. The molecule has 3 rings (SSSR count). The highest BCUT2D eigenvalue weighted by Gasteiger charge is 2.29. The number of rotatable bonds is 6. The van der Waals surface area contributed by atoms with E-state index < -0.39 is 0 Å². The predicted octanol–water partition coefficient (Wildman–Crippen LogP) is 2.75. The van der Waals surface area contributed by atoms with Crippen molar-refractivity contribution in [3.8, 4) is 10.6 Å². The molecule has 0 aromatic carbocycles. The molecule has 0 spiro atoms. The highest BCUT2D eigenvalue weighted by molar-refractivity contribution is 7.15. The van der Waals surface area contributed by atoms with Crippen LogP contribution < -0.4 is 0 Å². The van der Waals surface area contributed by atoms with E-state index in [4.69, 9.17) is 4.74 Å². The first-order valence-electron chi connectivity index (χ1n) is 8.49. The number of piperazine rings is 1. The third-order valence-electron chi connectivity index (χ3n) is 4.57. The van der Waals surface area contributed by atoms with Gasteiger partial charge in [-0.1, -0.05) is 0 Å². The molecule has 0 radical (unpaired) electrons. The van der Waals surface area contributed by atoms with Gasteiger partial charge in [0.1, 0.15) is 5.01 Å². The monoisotopic (exact) mass is 346 g/mol. The van der Waals surface area contributed by atoms with Crippen molar-refractivity contribution in [2.24, 2.45) is 0 Å². The molecular formula is C18H26N4OS. The first kappa shape index (κ1) is 17.5. The minimum atomic E-state index is 0.551. The molecular weight excluding hydrogens is 320 g/mol. The number of thiazole rings is 1. The van der Waals surface area contributed by atoms with E-state index in [0.29, 0.717) is 12.1 Å². The van der Waals surface area contributed by atoms with Crippen LogP contribution in [0.25, 0.3) is 10.6 Å². The number of nitrogens with zero attached hydrogens (tertiary/aromatic N) is 4. The summed E-state index contributed by atoms with van der Waals surface area (Å²) in [5.74, 6) is 0. The number of methoxy groups -OCH3 is 1. The van der Waals surface area contributed by atoms with E-state index in [1.165, 1.54) is 4.88 Å². The van der Waals surface area contributed by atoms with Gasteiger partial charge in [-0.05, 0) is 26.0 Å².